The van der Waals surface area contributed by atoms with Crippen LogP contribution in [-0.2, 0) is 0 Å². The molecular formula is C12H8FNO2. The number of hydrogen-bond acceptors (Lipinski definition) is 2. The average Bonchev–Trinajstić information content (AvgIpc) is 2.29. The minimum atomic E-state index is -1.32. The maximum absolute atomic E-state index is 13.3. The van der Waals surface area contributed by atoms with E-state index >= 15 is 0 Å². The Balaban J connectivity index is 2.46. The van der Waals surface area contributed by atoms with Crippen molar-refractivity contribution in [1.29, 1.82) is 0 Å². The van der Waals surface area contributed by atoms with Crippen LogP contribution in [0.25, 0.3) is 11.3 Å². The maximum Gasteiger partial charge on any atom is 0.340 e. The van der Waals surface area contributed by atoms with Gasteiger partial charge in [0.1, 0.15) is 5.56 Å². The van der Waals surface area contributed by atoms with Gasteiger partial charge in [0.15, 0.2) is 0 Å². The van der Waals surface area contributed by atoms with Gasteiger partial charge in [0.25, 0.3) is 0 Å². The van der Waals surface area contributed by atoms with E-state index < -0.39 is 17.5 Å². The number of benzene rings is 1. The number of halogens is 1. The smallest absolute Gasteiger partial charge is 0.340 e. The van der Waals surface area contributed by atoms with Crippen LogP contribution in [0, 0.1) is 5.95 Å². The topological polar surface area (TPSA) is 50.2 Å². The lowest BCUT2D eigenvalue weighted by Gasteiger charge is -2.02. The lowest BCUT2D eigenvalue weighted by molar-refractivity contribution is 0.0691. The number of hydrogen-bond donors (Lipinski definition) is 1. The van der Waals surface area contributed by atoms with Gasteiger partial charge in [-0.25, -0.2) is 9.78 Å². The van der Waals surface area contributed by atoms with Crippen molar-refractivity contribution >= 4 is 5.97 Å². The molecule has 0 aliphatic heterocycles. The van der Waals surface area contributed by atoms with Gasteiger partial charge in [-0.1, -0.05) is 30.3 Å². The number of carboxylic acids is 1. The van der Waals surface area contributed by atoms with Gasteiger partial charge in [-0.3, -0.25) is 0 Å². The summed E-state index contributed by atoms with van der Waals surface area (Å²) in [6.45, 7) is 0. The molecule has 2 rings (SSSR count). The molecule has 0 bridgehead atoms. The van der Waals surface area contributed by atoms with Crippen molar-refractivity contribution in [2.24, 2.45) is 0 Å². The largest absolute Gasteiger partial charge is 0.478 e. The molecule has 0 aliphatic carbocycles. The standard InChI is InChI=1S/C12H8FNO2/c13-11-9(12(15)16)6-7-10(14-11)8-4-2-1-3-5-8/h1-7H,(H,15,16). The number of rotatable bonds is 2. The zero-order valence-corrected chi connectivity index (χ0v) is 8.22. The Labute approximate surface area is 91.2 Å². The van der Waals surface area contributed by atoms with Crippen molar-refractivity contribution in [2.75, 3.05) is 0 Å². The lowest BCUT2D eigenvalue weighted by Crippen LogP contribution is -2.03. The molecule has 0 spiro atoms. The summed E-state index contributed by atoms with van der Waals surface area (Å²) in [6, 6.07) is 11.7. The van der Waals surface area contributed by atoms with Gasteiger partial charge in [-0.2, -0.15) is 4.39 Å². The highest BCUT2D eigenvalue weighted by Gasteiger charge is 2.12. The molecule has 0 atom stereocenters. The molecule has 1 N–H and O–H groups in total. The van der Waals surface area contributed by atoms with E-state index in [2.05, 4.69) is 4.98 Å². The van der Waals surface area contributed by atoms with Gasteiger partial charge in [0, 0.05) is 5.56 Å². The second kappa shape index (κ2) is 4.10. The third-order valence-electron chi connectivity index (χ3n) is 2.15. The van der Waals surface area contributed by atoms with Crippen LogP contribution < -0.4 is 0 Å². The van der Waals surface area contributed by atoms with E-state index in [1.54, 1.807) is 24.3 Å². The Morgan fingerprint density at radius 3 is 2.38 bits per heavy atom. The van der Waals surface area contributed by atoms with Crippen molar-refractivity contribution in [1.82, 2.24) is 4.98 Å². The van der Waals surface area contributed by atoms with Crippen LogP contribution in [0.4, 0.5) is 4.39 Å². The molecule has 0 aliphatic rings. The van der Waals surface area contributed by atoms with E-state index in [0.717, 1.165) is 5.56 Å². The molecule has 1 aromatic carbocycles. The van der Waals surface area contributed by atoms with Crippen LogP contribution in [0.15, 0.2) is 42.5 Å². The van der Waals surface area contributed by atoms with Crippen molar-refractivity contribution < 1.29 is 14.3 Å². The molecule has 16 heavy (non-hydrogen) atoms. The summed E-state index contributed by atoms with van der Waals surface area (Å²) < 4.78 is 13.3. The predicted molar refractivity (Wildman–Crippen MR) is 56.6 cm³/mol. The van der Waals surface area contributed by atoms with Crippen LogP contribution in [0.3, 0.4) is 0 Å². The summed E-state index contributed by atoms with van der Waals surface area (Å²) in [5.41, 5.74) is 0.751. The second-order valence-electron chi connectivity index (χ2n) is 3.21. The molecule has 0 saturated heterocycles. The number of carboxylic acid groups (broad SMARTS) is 1. The van der Waals surface area contributed by atoms with Crippen LogP contribution in [-0.4, -0.2) is 16.1 Å². The van der Waals surface area contributed by atoms with Gasteiger partial charge < -0.3 is 5.11 Å². The molecule has 80 valence electrons. The van der Waals surface area contributed by atoms with E-state index in [4.69, 9.17) is 5.11 Å². The summed E-state index contributed by atoms with van der Waals surface area (Å²) in [6.07, 6.45) is 0. The number of aromatic nitrogens is 1. The summed E-state index contributed by atoms with van der Waals surface area (Å²) in [5, 5.41) is 8.65. The first kappa shape index (κ1) is 10.3. The minimum absolute atomic E-state index is 0.417. The summed E-state index contributed by atoms with van der Waals surface area (Å²) in [7, 11) is 0. The van der Waals surface area contributed by atoms with E-state index in [-0.39, 0.29) is 0 Å². The Hall–Kier alpha value is -2.23. The monoisotopic (exact) mass is 217 g/mol. The summed E-state index contributed by atoms with van der Waals surface area (Å²) in [4.78, 5) is 14.2. The van der Waals surface area contributed by atoms with Crippen LogP contribution in [0.2, 0.25) is 0 Å². The van der Waals surface area contributed by atoms with Crippen molar-refractivity contribution in [3.63, 3.8) is 0 Å². The highest BCUT2D eigenvalue weighted by atomic mass is 19.1. The molecule has 1 aromatic heterocycles. The quantitative estimate of drug-likeness (QED) is 0.786. The highest BCUT2D eigenvalue weighted by molar-refractivity contribution is 5.87. The first-order valence-corrected chi connectivity index (χ1v) is 4.64. The number of carbonyl (C=O) groups is 1. The van der Waals surface area contributed by atoms with Crippen LogP contribution in [0.1, 0.15) is 10.4 Å². The fourth-order valence-corrected chi connectivity index (χ4v) is 1.36. The van der Waals surface area contributed by atoms with Gasteiger partial charge in [-0.05, 0) is 12.1 Å². The van der Waals surface area contributed by atoms with E-state index in [9.17, 15) is 9.18 Å². The van der Waals surface area contributed by atoms with E-state index in [1.807, 2.05) is 6.07 Å². The molecule has 4 heteroatoms. The molecule has 0 unspecified atom stereocenters. The fourth-order valence-electron chi connectivity index (χ4n) is 1.36. The van der Waals surface area contributed by atoms with Gasteiger partial charge in [0.05, 0.1) is 5.69 Å². The molecule has 0 fully saturated rings. The van der Waals surface area contributed by atoms with Crippen LogP contribution in [0.5, 0.6) is 0 Å². The first-order chi connectivity index (χ1) is 7.68. The summed E-state index contributed by atoms with van der Waals surface area (Å²) >= 11 is 0. The van der Waals surface area contributed by atoms with Gasteiger partial charge in [-0.15, -0.1) is 0 Å². The molecule has 0 radical (unpaired) electrons. The zero-order valence-electron chi connectivity index (χ0n) is 8.22. The minimum Gasteiger partial charge on any atom is -0.478 e. The molecule has 0 amide bonds. The summed E-state index contributed by atoms with van der Waals surface area (Å²) in [5.74, 6) is -2.28. The zero-order chi connectivity index (χ0) is 11.5. The van der Waals surface area contributed by atoms with Crippen molar-refractivity contribution in [2.45, 2.75) is 0 Å². The van der Waals surface area contributed by atoms with E-state index in [0.29, 0.717) is 5.69 Å². The number of pyridine rings is 1. The molecule has 3 nitrogen and oxygen atoms in total. The first-order valence-electron chi connectivity index (χ1n) is 4.64. The molecule has 1 heterocycles. The van der Waals surface area contributed by atoms with Crippen LogP contribution >= 0.6 is 0 Å². The molecule has 2 aromatic rings. The second-order valence-corrected chi connectivity index (χ2v) is 3.21. The number of nitrogens with zero attached hydrogens (tertiary/aromatic N) is 1. The highest BCUT2D eigenvalue weighted by Crippen LogP contribution is 2.18. The Morgan fingerprint density at radius 2 is 1.81 bits per heavy atom. The Morgan fingerprint density at radius 1 is 1.12 bits per heavy atom. The average molecular weight is 217 g/mol. The van der Waals surface area contributed by atoms with Gasteiger partial charge >= 0.3 is 5.97 Å². The predicted octanol–water partition coefficient (Wildman–Crippen LogP) is 2.59. The Bertz CT molecular complexity index is 526. The SMILES string of the molecule is O=C(O)c1ccc(-c2ccccc2)nc1F. The number of aromatic carboxylic acids is 1. The maximum atomic E-state index is 13.3. The van der Waals surface area contributed by atoms with Gasteiger partial charge in [0.2, 0.25) is 5.95 Å². The molecule has 0 saturated carbocycles. The van der Waals surface area contributed by atoms with Crippen molar-refractivity contribution in [3.05, 3.63) is 54.0 Å². The third kappa shape index (κ3) is 1.91. The molecular weight excluding hydrogens is 209 g/mol. The lowest BCUT2D eigenvalue weighted by atomic mass is 10.1. The fraction of sp³-hybridized carbons (Fsp3) is 0. The van der Waals surface area contributed by atoms with Crippen molar-refractivity contribution in [3.8, 4) is 11.3 Å². The van der Waals surface area contributed by atoms with E-state index in [1.165, 1.54) is 12.1 Å². The Kier molecular flexibility index (Phi) is 2.64. The third-order valence-corrected chi connectivity index (χ3v) is 2.15. The normalized spacial score (nSPS) is 10.1.